The average Bonchev–Trinajstić information content (AvgIpc) is 2.82. The number of carbonyl (C=O) groups is 1. The number of hydrogen-bond donors (Lipinski definition) is 2. The molecular formula is C24H27FN6O2. The van der Waals surface area contributed by atoms with Crippen LogP contribution in [0.5, 0.6) is 0 Å². The van der Waals surface area contributed by atoms with Crippen molar-refractivity contribution in [3.8, 4) is 0 Å². The third-order valence-electron chi connectivity index (χ3n) is 5.57. The zero-order valence-electron chi connectivity index (χ0n) is 18.7. The van der Waals surface area contributed by atoms with Crippen molar-refractivity contribution in [2.45, 2.75) is 39.4 Å². The first kappa shape index (κ1) is 22.6. The van der Waals surface area contributed by atoms with Gasteiger partial charge >= 0.3 is 0 Å². The fraction of sp³-hybridized carbons (Fsp3) is 0.333. The lowest BCUT2D eigenvalue weighted by Crippen LogP contribution is -2.38. The van der Waals surface area contributed by atoms with Crippen LogP contribution in [0.3, 0.4) is 0 Å². The van der Waals surface area contributed by atoms with Gasteiger partial charge in [-0.05, 0) is 55.2 Å². The highest BCUT2D eigenvalue weighted by atomic mass is 19.1. The molecule has 8 nitrogen and oxygen atoms in total. The fourth-order valence-corrected chi connectivity index (χ4v) is 3.73. The highest BCUT2D eigenvalue weighted by Crippen LogP contribution is 2.26. The summed E-state index contributed by atoms with van der Waals surface area (Å²) in [5.74, 6) is 0.689. The summed E-state index contributed by atoms with van der Waals surface area (Å²) in [6.07, 6.45) is 3.35. The van der Waals surface area contributed by atoms with E-state index in [1.807, 2.05) is 25.1 Å². The van der Waals surface area contributed by atoms with Crippen LogP contribution in [-0.2, 0) is 16.1 Å². The number of aromatic nitrogens is 3. The van der Waals surface area contributed by atoms with E-state index < -0.39 is 0 Å². The van der Waals surface area contributed by atoms with Crippen LogP contribution in [0.1, 0.15) is 30.9 Å². The molecule has 1 aromatic heterocycles. The molecule has 2 aromatic carbocycles. The van der Waals surface area contributed by atoms with Gasteiger partial charge in [0.1, 0.15) is 12.1 Å². The van der Waals surface area contributed by atoms with Crippen LogP contribution >= 0.6 is 0 Å². The zero-order valence-corrected chi connectivity index (χ0v) is 18.7. The Bertz CT molecular complexity index is 1100. The summed E-state index contributed by atoms with van der Waals surface area (Å²) in [5.41, 5.74) is 3.41. The number of rotatable bonds is 7. The lowest BCUT2D eigenvalue weighted by Gasteiger charge is -2.32. The summed E-state index contributed by atoms with van der Waals surface area (Å²) >= 11 is 0. The Hall–Kier alpha value is -3.59. The van der Waals surface area contributed by atoms with Gasteiger partial charge in [-0.1, -0.05) is 18.2 Å². The molecule has 0 spiro atoms. The van der Waals surface area contributed by atoms with Gasteiger partial charge < -0.3 is 20.3 Å². The first-order valence-corrected chi connectivity index (χ1v) is 10.9. The van der Waals surface area contributed by atoms with Crippen LogP contribution < -0.4 is 15.5 Å². The van der Waals surface area contributed by atoms with Crippen LogP contribution in [0.4, 0.5) is 27.7 Å². The van der Waals surface area contributed by atoms with Gasteiger partial charge in [-0.15, -0.1) is 0 Å². The van der Waals surface area contributed by atoms with Gasteiger partial charge in [0.15, 0.2) is 0 Å². The van der Waals surface area contributed by atoms with Crippen molar-refractivity contribution < 1.29 is 13.9 Å². The summed E-state index contributed by atoms with van der Waals surface area (Å²) < 4.78 is 19.0. The molecule has 33 heavy (non-hydrogen) atoms. The second-order valence-corrected chi connectivity index (χ2v) is 8.02. The number of ether oxygens (including phenoxy) is 1. The molecule has 172 valence electrons. The molecule has 0 unspecified atom stereocenters. The van der Waals surface area contributed by atoms with E-state index in [9.17, 15) is 9.18 Å². The molecular weight excluding hydrogens is 423 g/mol. The van der Waals surface area contributed by atoms with E-state index in [-0.39, 0.29) is 17.8 Å². The first-order chi connectivity index (χ1) is 16.0. The SMILES string of the molecule is CC(=O)Nc1cccc(Nc2ncnc(N3CCC(OCc4ccc(F)cc4)CC3)n2)c1C. The van der Waals surface area contributed by atoms with Gasteiger partial charge in [0.05, 0.1) is 12.7 Å². The van der Waals surface area contributed by atoms with Crippen molar-refractivity contribution in [2.24, 2.45) is 0 Å². The maximum absolute atomic E-state index is 13.0. The molecule has 1 aliphatic rings. The Morgan fingerprint density at radius 1 is 1.12 bits per heavy atom. The van der Waals surface area contributed by atoms with Gasteiger partial charge in [-0.25, -0.2) is 14.4 Å². The van der Waals surface area contributed by atoms with Gasteiger partial charge in [0.2, 0.25) is 17.8 Å². The number of nitrogens with one attached hydrogen (secondary N) is 2. The molecule has 0 radical (unpaired) electrons. The number of benzene rings is 2. The number of nitrogens with zero attached hydrogens (tertiary/aromatic N) is 4. The van der Waals surface area contributed by atoms with Crippen molar-refractivity contribution in [3.05, 3.63) is 65.7 Å². The van der Waals surface area contributed by atoms with Crippen molar-refractivity contribution >= 4 is 29.2 Å². The molecule has 9 heteroatoms. The molecule has 1 amide bonds. The van der Waals surface area contributed by atoms with E-state index in [1.54, 1.807) is 12.1 Å². The maximum atomic E-state index is 13.0. The van der Waals surface area contributed by atoms with Gasteiger partial charge in [0, 0.05) is 31.4 Å². The number of halogens is 1. The topological polar surface area (TPSA) is 92.3 Å². The third kappa shape index (κ3) is 6.01. The van der Waals surface area contributed by atoms with Crippen molar-refractivity contribution in [3.63, 3.8) is 0 Å². The number of carbonyl (C=O) groups excluding carboxylic acids is 1. The standard InChI is InChI=1S/C24H27FN6O2/c1-16-21(28-17(2)32)4-3-5-22(16)29-23-26-15-27-24(30-23)31-12-10-20(11-13-31)33-14-18-6-8-19(25)9-7-18/h3-9,15,20H,10-14H2,1-2H3,(H,28,32)(H,26,27,29,30). The van der Waals surface area contributed by atoms with Crippen LogP contribution in [0, 0.1) is 12.7 Å². The number of anilines is 4. The summed E-state index contributed by atoms with van der Waals surface area (Å²) in [4.78, 5) is 26.7. The molecule has 1 saturated heterocycles. The minimum Gasteiger partial charge on any atom is -0.373 e. The molecule has 2 N–H and O–H groups in total. The maximum Gasteiger partial charge on any atom is 0.232 e. The molecule has 0 saturated carbocycles. The lowest BCUT2D eigenvalue weighted by molar-refractivity contribution is -0.114. The Morgan fingerprint density at radius 3 is 2.58 bits per heavy atom. The second kappa shape index (κ2) is 10.4. The normalized spacial score (nSPS) is 14.2. The van der Waals surface area contributed by atoms with Gasteiger partial charge in [-0.3, -0.25) is 4.79 Å². The lowest BCUT2D eigenvalue weighted by atomic mass is 10.1. The van der Waals surface area contributed by atoms with E-state index in [0.717, 1.165) is 48.4 Å². The number of amides is 1. The highest BCUT2D eigenvalue weighted by Gasteiger charge is 2.22. The summed E-state index contributed by atoms with van der Waals surface area (Å²) in [6, 6.07) is 12.0. The molecule has 0 aliphatic carbocycles. The Balaban J connectivity index is 1.34. The molecule has 0 bridgehead atoms. The average molecular weight is 451 g/mol. The predicted octanol–water partition coefficient (Wildman–Crippen LogP) is 4.21. The number of piperidine rings is 1. The van der Waals surface area contributed by atoms with E-state index in [2.05, 4.69) is 30.5 Å². The highest BCUT2D eigenvalue weighted by molar-refractivity contribution is 5.90. The molecule has 2 heterocycles. The van der Waals surface area contributed by atoms with E-state index >= 15 is 0 Å². The van der Waals surface area contributed by atoms with E-state index in [4.69, 9.17) is 4.74 Å². The molecule has 4 rings (SSSR count). The Morgan fingerprint density at radius 2 is 1.85 bits per heavy atom. The Labute approximate surface area is 192 Å². The van der Waals surface area contributed by atoms with E-state index in [0.29, 0.717) is 18.5 Å². The van der Waals surface area contributed by atoms with Crippen LogP contribution in [0.15, 0.2) is 48.8 Å². The smallest absolute Gasteiger partial charge is 0.232 e. The second-order valence-electron chi connectivity index (χ2n) is 8.02. The largest absolute Gasteiger partial charge is 0.373 e. The molecule has 0 atom stereocenters. The summed E-state index contributed by atoms with van der Waals surface area (Å²) in [6.45, 7) is 5.42. The first-order valence-electron chi connectivity index (χ1n) is 10.9. The quantitative estimate of drug-likeness (QED) is 0.557. The minimum absolute atomic E-state index is 0.122. The Kier molecular flexibility index (Phi) is 7.09. The fourth-order valence-electron chi connectivity index (χ4n) is 3.73. The molecule has 1 fully saturated rings. The van der Waals surface area contributed by atoms with Crippen LogP contribution in [0.25, 0.3) is 0 Å². The van der Waals surface area contributed by atoms with Crippen LogP contribution in [0.2, 0.25) is 0 Å². The van der Waals surface area contributed by atoms with Crippen molar-refractivity contribution in [2.75, 3.05) is 28.6 Å². The molecule has 3 aromatic rings. The van der Waals surface area contributed by atoms with Gasteiger partial charge in [0.25, 0.3) is 0 Å². The minimum atomic E-state index is -0.242. The van der Waals surface area contributed by atoms with Crippen LogP contribution in [-0.4, -0.2) is 40.1 Å². The van der Waals surface area contributed by atoms with Gasteiger partial charge in [-0.2, -0.15) is 4.98 Å². The predicted molar refractivity (Wildman–Crippen MR) is 125 cm³/mol. The molecule has 1 aliphatic heterocycles. The van der Waals surface area contributed by atoms with Crippen molar-refractivity contribution in [1.29, 1.82) is 0 Å². The third-order valence-corrected chi connectivity index (χ3v) is 5.57. The summed E-state index contributed by atoms with van der Waals surface area (Å²) in [7, 11) is 0. The number of hydrogen-bond acceptors (Lipinski definition) is 7. The zero-order chi connectivity index (χ0) is 23.2. The van der Waals surface area contributed by atoms with Crippen molar-refractivity contribution in [1.82, 2.24) is 15.0 Å². The summed E-state index contributed by atoms with van der Waals surface area (Å²) in [5, 5.41) is 6.05. The van der Waals surface area contributed by atoms with E-state index in [1.165, 1.54) is 25.4 Å². The monoisotopic (exact) mass is 450 g/mol.